The summed E-state index contributed by atoms with van der Waals surface area (Å²) in [6, 6.07) is 0.486. The first kappa shape index (κ1) is 4.85. The summed E-state index contributed by atoms with van der Waals surface area (Å²) in [7, 11) is 0. The van der Waals surface area contributed by atoms with Crippen LogP contribution in [-0.2, 0) is 0 Å². The van der Waals surface area contributed by atoms with E-state index >= 15 is 0 Å². The molecule has 1 unspecified atom stereocenters. The average molecular weight is 96.2 g/mol. The summed E-state index contributed by atoms with van der Waals surface area (Å²) < 4.78 is 0. The standard InChI is InChI=1S/C6H10N/c1-2-6-4-3-5-7-6/h6-7H,1,3-5H2. The van der Waals surface area contributed by atoms with Gasteiger partial charge in [-0.3, -0.25) is 0 Å². The second kappa shape index (κ2) is 2.12. The van der Waals surface area contributed by atoms with E-state index in [4.69, 9.17) is 0 Å². The normalized spacial score (nSPS) is 30.6. The molecule has 0 spiro atoms. The fraction of sp³-hybridized carbons (Fsp3) is 0.667. The monoisotopic (exact) mass is 96.1 g/mol. The van der Waals surface area contributed by atoms with Crippen LogP contribution in [0.25, 0.3) is 0 Å². The smallest absolute Gasteiger partial charge is 0.0317 e. The summed E-state index contributed by atoms with van der Waals surface area (Å²) in [6.45, 7) is 4.70. The molecule has 1 saturated heterocycles. The van der Waals surface area contributed by atoms with Crippen molar-refractivity contribution >= 4 is 0 Å². The Morgan fingerprint density at radius 2 is 2.57 bits per heavy atom. The molecule has 1 aliphatic rings. The molecule has 1 atom stereocenters. The maximum Gasteiger partial charge on any atom is 0.0317 e. The first-order valence-corrected chi connectivity index (χ1v) is 2.69. The molecule has 1 N–H and O–H groups in total. The first-order valence-electron chi connectivity index (χ1n) is 2.69. The van der Waals surface area contributed by atoms with Crippen LogP contribution in [0.3, 0.4) is 0 Å². The van der Waals surface area contributed by atoms with Gasteiger partial charge in [0.2, 0.25) is 0 Å². The Hall–Kier alpha value is -0.300. The predicted molar refractivity (Wildman–Crippen MR) is 29.9 cm³/mol. The lowest BCUT2D eigenvalue weighted by atomic mass is 10.2. The molecule has 1 aliphatic heterocycles. The van der Waals surface area contributed by atoms with Gasteiger partial charge in [-0.05, 0) is 25.5 Å². The van der Waals surface area contributed by atoms with Crippen molar-refractivity contribution in [2.75, 3.05) is 6.54 Å². The zero-order chi connectivity index (χ0) is 5.11. The molecule has 0 aromatic heterocycles. The second-order valence-corrected chi connectivity index (χ2v) is 1.85. The predicted octanol–water partition coefficient (Wildman–Crippen LogP) is 0.728. The number of nitrogens with one attached hydrogen (secondary N) is 1. The van der Waals surface area contributed by atoms with Crippen molar-refractivity contribution in [1.82, 2.24) is 5.32 Å². The van der Waals surface area contributed by atoms with E-state index in [9.17, 15) is 0 Å². The van der Waals surface area contributed by atoms with Crippen molar-refractivity contribution < 1.29 is 0 Å². The lowest BCUT2D eigenvalue weighted by Crippen LogP contribution is -2.18. The third kappa shape index (κ3) is 1.03. The number of hydrogen-bond acceptors (Lipinski definition) is 1. The van der Waals surface area contributed by atoms with Crippen LogP contribution < -0.4 is 5.32 Å². The van der Waals surface area contributed by atoms with E-state index in [2.05, 4.69) is 18.0 Å². The molecule has 7 heavy (non-hydrogen) atoms. The lowest BCUT2D eigenvalue weighted by Gasteiger charge is -1.97. The Labute approximate surface area is 44.4 Å². The van der Waals surface area contributed by atoms with Crippen molar-refractivity contribution in [3.63, 3.8) is 0 Å². The van der Waals surface area contributed by atoms with Crippen LogP contribution in [0.15, 0.2) is 6.58 Å². The molecular formula is C6H10N. The topological polar surface area (TPSA) is 12.0 Å². The molecule has 0 aliphatic carbocycles. The zero-order valence-corrected chi connectivity index (χ0v) is 4.41. The Morgan fingerprint density at radius 1 is 1.71 bits per heavy atom. The van der Waals surface area contributed by atoms with Gasteiger partial charge in [-0.25, -0.2) is 0 Å². The van der Waals surface area contributed by atoms with Crippen LogP contribution in [0.1, 0.15) is 12.8 Å². The highest BCUT2D eigenvalue weighted by Crippen LogP contribution is 2.03. The minimum atomic E-state index is 0.486. The van der Waals surface area contributed by atoms with Gasteiger partial charge in [0.05, 0.1) is 0 Å². The quantitative estimate of drug-likeness (QED) is 0.507. The second-order valence-electron chi connectivity index (χ2n) is 1.85. The van der Waals surface area contributed by atoms with Crippen molar-refractivity contribution in [2.45, 2.75) is 18.9 Å². The molecule has 1 heteroatoms. The maximum absolute atomic E-state index is 3.56. The molecule has 0 aromatic rings. The Balaban J connectivity index is 2.26. The van der Waals surface area contributed by atoms with Gasteiger partial charge in [0.25, 0.3) is 0 Å². The molecule has 1 nitrogen and oxygen atoms in total. The van der Waals surface area contributed by atoms with E-state index in [1.54, 1.807) is 0 Å². The van der Waals surface area contributed by atoms with Crippen molar-refractivity contribution in [2.24, 2.45) is 0 Å². The van der Waals surface area contributed by atoms with E-state index in [1.807, 2.05) is 0 Å². The fourth-order valence-corrected chi connectivity index (χ4v) is 0.859. The van der Waals surface area contributed by atoms with Gasteiger partial charge in [-0.15, -0.1) is 0 Å². The highest BCUT2D eigenvalue weighted by Gasteiger charge is 2.08. The first-order chi connectivity index (χ1) is 3.43. The molecule has 0 aromatic carbocycles. The minimum absolute atomic E-state index is 0.486. The van der Waals surface area contributed by atoms with Gasteiger partial charge in [0, 0.05) is 6.04 Å². The van der Waals surface area contributed by atoms with Crippen LogP contribution in [0.2, 0.25) is 0 Å². The lowest BCUT2D eigenvalue weighted by molar-refractivity contribution is 0.713. The average Bonchev–Trinajstić information content (AvgIpc) is 2.14. The van der Waals surface area contributed by atoms with Crippen LogP contribution in [0, 0.1) is 6.08 Å². The summed E-state index contributed by atoms with van der Waals surface area (Å²) in [5, 5.41) is 3.23. The Bertz CT molecular complexity index is 62.6. The summed E-state index contributed by atoms with van der Waals surface area (Å²) in [6.07, 6.45) is 5.41. The van der Waals surface area contributed by atoms with Gasteiger partial charge < -0.3 is 5.32 Å². The van der Waals surface area contributed by atoms with E-state index in [0.717, 1.165) is 6.54 Å². The van der Waals surface area contributed by atoms with Gasteiger partial charge in [0.15, 0.2) is 0 Å². The van der Waals surface area contributed by atoms with Gasteiger partial charge in [-0.2, -0.15) is 0 Å². The van der Waals surface area contributed by atoms with Gasteiger partial charge in [0.1, 0.15) is 0 Å². The van der Waals surface area contributed by atoms with E-state index in [-0.39, 0.29) is 0 Å². The largest absolute Gasteiger partial charge is 0.310 e. The van der Waals surface area contributed by atoms with Crippen molar-refractivity contribution in [3.05, 3.63) is 12.7 Å². The molecule has 39 valence electrons. The molecule has 1 heterocycles. The summed E-state index contributed by atoms with van der Waals surface area (Å²) >= 11 is 0. The summed E-state index contributed by atoms with van der Waals surface area (Å²) in [5.74, 6) is 0. The molecule has 1 rings (SSSR count). The molecule has 0 amide bonds. The SMILES string of the molecule is C=[C]C1CCCN1. The number of rotatable bonds is 1. The van der Waals surface area contributed by atoms with Crippen LogP contribution in [0.5, 0.6) is 0 Å². The number of hydrogen-bond donors (Lipinski definition) is 1. The molecule has 1 fully saturated rings. The van der Waals surface area contributed by atoms with E-state index in [1.165, 1.54) is 12.8 Å². The van der Waals surface area contributed by atoms with Gasteiger partial charge >= 0.3 is 0 Å². The van der Waals surface area contributed by atoms with Crippen molar-refractivity contribution in [3.8, 4) is 0 Å². The highest BCUT2D eigenvalue weighted by atomic mass is 14.9. The van der Waals surface area contributed by atoms with Crippen LogP contribution in [-0.4, -0.2) is 12.6 Å². The third-order valence-corrected chi connectivity index (χ3v) is 1.31. The summed E-state index contributed by atoms with van der Waals surface area (Å²) in [4.78, 5) is 0. The fourth-order valence-electron chi connectivity index (χ4n) is 0.859. The van der Waals surface area contributed by atoms with Crippen LogP contribution in [0.4, 0.5) is 0 Å². The molecular weight excluding hydrogens is 86.1 g/mol. The van der Waals surface area contributed by atoms with Gasteiger partial charge in [-0.1, -0.05) is 6.58 Å². The molecule has 1 radical (unpaired) electrons. The summed E-state index contributed by atoms with van der Waals surface area (Å²) in [5.41, 5.74) is 0. The minimum Gasteiger partial charge on any atom is -0.310 e. The Kier molecular flexibility index (Phi) is 1.47. The van der Waals surface area contributed by atoms with Crippen molar-refractivity contribution in [1.29, 1.82) is 0 Å². The molecule has 0 bridgehead atoms. The van der Waals surface area contributed by atoms with E-state index < -0.39 is 0 Å². The zero-order valence-electron chi connectivity index (χ0n) is 4.41. The maximum atomic E-state index is 3.56. The Morgan fingerprint density at radius 3 is 2.86 bits per heavy atom. The third-order valence-electron chi connectivity index (χ3n) is 1.31. The van der Waals surface area contributed by atoms with Crippen LogP contribution >= 0.6 is 0 Å². The highest BCUT2D eigenvalue weighted by molar-refractivity contribution is 4.82. The molecule has 0 saturated carbocycles. The van der Waals surface area contributed by atoms with E-state index in [0.29, 0.717) is 6.04 Å².